The summed E-state index contributed by atoms with van der Waals surface area (Å²) < 4.78 is 3.67. The molecule has 4 nitrogen and oxygen atoms in total. The first-order valence-corrected chi connectivity index (χ1v) is 5.13. The zero-order valence-electron chi connectivity index (χ0n) is 8.40. The van der Waals surface area contributed by atoms with E-state index < -0.39 is 16.8 Å². The zero-order valence-corrected chi connectivity index (χ0v) is 10.2. The monoisotopic (exact) mass is 237 g/mol. The van der Waals surface area contributed by atoms with Crippen LogP contribution in [-0.2, 0) is 14.3 Å². The highest BCUT2D eigenvalue weighted by Gasteiger charge is 2.27. The maximum absolute atomic E-state index is 11.4. The highest BCUT2D eigenvalue weighted by Crippen LogP contribution is 2.11. The minimum atomic E-state index is -0.824. The van der Waals surface area contributed by atoms with Crippen molar-refractivity contribution in [1.29, 1.82) is 0 Å². The number of hydrogen-bond donors (Lipinski definition) is 3. The molecule has 0 heterocycles. The Hall–Kier alpha value is -0.360. The van der Waals surface area contributed by atoms with Gasteiger partial charge in [-0.2, -0.15) is 25.3 Å². The van der Waals surface area contributed by atoms with Crippen LogP contribution in [0.3, 0.4) is 0 Å². The summed E-state index contributed by atoms with van der Waals surface area (Å²) in [6.45, 7) is 3.27. The number of ether oxygens (including phenoxy) is 1. The van der Waals surface area contributed by atoms with Crippen LogP contribution in [0, 0.1) is 0 Å². The molecule has 0 aromatic carbocycles. The molecular formula is C8H15NO3S2. The van der Waals surface area contributed by atoms with Crippen LogP contribution in [0.5, 0.6) is 0 Å². The maximum atomic E-state index is 11.4. The van der Waals surface area contributed by atoms with Crippen molar-refractivity contribution in [2.45, 2.75) is 24.6 Å². The second kappa shape index (κ2) is 5.50. The average molecular weight is 237 g/mol. The van der Waals surface area contributed by atoms with E-state index in [1.54, 1.807) is 13.8 Å². The molecule has 0 aromatic rings. The Kier molecular flexibility index (Phi) is 5.36. The molecular weight excluding hydrogens is 222 g/mol. The fourth-order valence-corrected chi connectivity index (χ4v) is 0.961. The fraction of sp³-hybridized carbons (Fsp3) is 0.750. The molecule has 0 aliphatic heterocycles. The molecule has 82 valence electrons. The first kappa shape index (κ1) is 13.6. The van der Waals surface area contributed by atoms with Crippen LogP contribution < -0.4 is 5.32 Å². The van der Waals surface area contributed by atoms with Crippen molar-refractivity contribution in [2.75, 3.05) is 12.9 Å². The van der Waals surface area contributed by atoms with Gasteiger partial charge in [-0.1, -0.05) is 0 Å². The molecule has 0 aliphatic carbocycles. The summed E-state index contributed by atoms with van der Waals surface area (Å²) in [4.78, 5) is 22.5. The van der Waals surface area contributed by atoms with Gasteiger partial charge in [0.1, 0.15) is 6.04 Å². The summed E-state index contributed by atoms with van der Waals surface area (Å²) >= 11 is 8.01. The molecule has 0 aromatic heterocycles. The Morgan fingerprint density at radius 2 is 2.00 bits per heavy atom. The molecule has 6 heteroatoms. The van der Waals surface area contributed by atoms with Gasteiger partial charge in [0.15, 0.2) is 0 Å². The SMILES string of the molecule is COC(=O)C(CS)NC(=O)C(C)(C)S. The number of thiol groups is 2. The quantitative estimate of drug-likeness (QED) is 0.486. The van der Waals surface area contributed by atoms with Gasteiger partial charge in [0.25, 0.3) is 0 Å². The van der Waals surface area contributed by atoms with E-state index in [0.29, 0.717) is 0 Å². The maximum Gasteiger partial charge on any atom is 0.329 e. The molecule has 0 fully saturated rings. The number of amides is 1. The fourth-order valence-electron chi connectivity index (χ4n) is 0.656. The lowest BCUT2D eigenvalue weighted by molar-refractivity contribution is -0.144. The predicted octanol–water partition coefficient (Wildman–Crippen LogP) is 0.282. The number of rotatable bonds is 4. The van der Waals surface area contributed by atoms with Crippen molar-refractivity contribution in [2.24, 2.45) is 0 Å². The third-order valence-electron chi connectivity index (χ3n) is 1.53. The third kappa shape index (κ3) is 4.23. The van der Waals surface area contributed by atoms with Crippen molar-refractivity contribution in [1.82, 2.24) is 5.32 Å². The van der Waals surface area contributed by atoms with E-state index >= 15 is 0 Å². The van der Waals surface area contributed by atoms with Crippen LogP contribution >= 0.6 is 25.3 Å². The van der Waals surface area contributed by atoms with Gasteiger partial charge in [-0.15, -0.1) is 0 Å². The summed E-state index contributed by atoms with van der Waals surface area (Å²) in [5.74, 6) is -0.640. The highest BCUT2D eigenvalue weighted by atomic mass is 32.1. The van der Waals surface area contributed by atoms with Crippen LogP contribution in [0.2, 0.25) is 0 Å². The molecule has 0 bridgehead atoms. The summed E-state index contributed by atoms with van der Waals surface area (Å²) in [5.41, 5.74) is 0. The van der Waals surface area contributed by atoms with E-state index in [0.717, 1.165) is 0 Å². The molecule has 0 aliphatic rings. The number of carbonyl (C=O) groups is 2. The molecule has 1 atom stereocenters. The van der Waals surface area contributed by atoms with Gasteiger partial charge in [0.2, 0.25) is 5.91 Å². The molecule has 1 unspecified atom stereocenters. The standard InChI is InChI=1S/C8H15NO3S2/c1-8(2,14)7(11)9-5(4-13)6(10)12-3/h5,13-14H,4H2,1-3H3,(H,9,11). The molecule has 1 amide bonds. The zero-order chi connectivity index (χ0) is 11.4. The Bertz CT molecular complexity index is 225. The lowest BCUT2D eigenvalue weighted by atomic mass is 10.2. The van der Waals surface area contributed by atoms with Crippen molar-refractivity contribution >= 4 is 37.1 Å². The molecule has 14 heavy (non-hydrogen) atoms. The summed E-state index contributed by atoms with van der Waals surface area (Å²) in [7, 11) is 1.26. The second-order valence-electron chi connectivity index (χ2n) is 3.29. The summed E-state index contributed by atoms with van der Waals surface area (Å²) in [6, 6.07) is -0.720. The second-order valence-corrected chi connectivity index (χ2v) is 4.77. The van der Waals surface area contributed by atoms with Gasteiger partial charge >= 0.3 is 5.97 Å². The van der Waals surface area contributed by atoms with E-state index in [2.05, 4.69) is 35.3 Å². The normalized spacial score (nSPS) is 13.2. The Morgan fingerprint density at radius 3 is 2.29 bits per heavy atom. The van der Waals surface area contributed by atoms with Gasteiger partial charge in [0.05, 0.1) is 11.9 Å². The van der Waals surface area contributed by atoms with Crippen LogP contribution in [0.1, 0.15) is 13.8 Å². The number of hydrogen-bond acceptors (Lipinski definition) is 5. The van der Waals surface area contributed by atoms with Crippen LogP contribution in [0.4, 0.5) is 0 Å². The van der Waals surface area contributed by atoms with Crippen LogP contribution in [0.25, 0.3) is 0 Å². The number of methoxy groups -OCH3 is 1. The van der Waals surface area contributed by atoms with E-state index in [1.807, 2.05) is 0 Å². The van der Waals surface area contributed by atoms with Gasteiger partial charge in [-0.25, -0.2) is 4.79 Å². The van der Waals surface area contributed by atoms with Gasteiger partial charge in [0, 0.05) is 5.75 Å². The molecule has 0 rings (SSSR count). The van der Waals surface area contributed by atoms with Gasteiger partial charge < -0.3 is 10.1 Å². The first-order valence-electron chi connectivity index (χ1n) is 4.05. The third-order valence-corrected chi connectivity index (χ3v) is 2.10. The van der Waals surface area contributed by atoms with Crippen molar-refractivity contribution in [3.8, 4) is 0 Å². The smallest absolute Gasteiger partial charge is 0.329 e. The van der Waals surface area contributed by atoms with Crippen molar-refractivity contribution in [3.05, 3.63) is 0 Å². The summed E-state index contributed by atoms with van der Waals surface area (Å²) in [6.07, 6.45) is 0. The van der Waals surface area contributed by atoms with Crippen LogP contribution in [-0.4, -0.2) is 35.5 Å². The van der Waals surface area contributed by atoms with Crippen molar-refractivity contribution < 1.29 is 14.3 Å². The Morgan fingerprint density at radius 1 is 1.50 bits per heavy atom. The largest absolute Gasteiger partial charge is 0.467 e. The molecule has 0 spiro atoms. The predicted molar refractivity (Wildman–Crippen MR) is 60.9 cm³/mol. The number of nitrogens with one attached hydrogen (secondary N) is 1. The Balaban J connectivity index is 4.34. The summed E-state index contributed by atoms with van der Waals surface area (Å²) in [5, 5.41) is 2.49. The minimum Gasteiger partial charge on any atom is -0.467 e. The molecule has 1 N–H and O–H groups in total. The van der Waals surface area contributed by atoms with Gasteiger partial charge in [-0.3, -0.25) is 4.79 Å². The van der Waals surface area contributed by atoms with E-state index in [-0.39, 0.29) is 11.7 Å². The van der Waals surface area contributed by atoms with E-state index in [4.69, 9.17) is 0 Å². The van der Waals surface area contributed by atoms with E-state index in [9.17, 15) is 9.59 Å². The molecule has 0 saturated heterocycles. The molecule has 0 saturated carbocycles. The van der Waals surface area contributed by atoms with Crippen LogP contribution in [0.15, 0.2) is 0 Å². The van der Waals surface area contributed by atoms with Crippen molar-refractivity contribution in [3.63, 3.8) is 0 Å². The topological polar surface area (TPSA) is 55.4 Å². The average Bonchev–Trinajstić information content (AvgIpc) is 2.10. The lowest BCUT2D eigenvalue weighted by Gasteiger charge is -2.20. The minimum absolute atomic E-state index is 0.197. The number of esters is 1. The van der Waals surface area contributed by atoms with Gasteiger partial charge in [-0.05, 0) is 13.8 Å². The highest BCUT2D eigenvalue weighted by molar-refractivity contribution is 7.82. The Labute approximate surface area is 94.6 Å². The number of carbonyl (C=O) groups excluding carboxylic acids is 2. The molecule has 0 radical (unpaired) electrons. The first-order chi connectivity index (χ1) is 6.32. The lowest BCUT2D eigenvalue weighted by Crippen LogP contribution is -2.48. The van der Waals surface area contributed by atoms with E-state index in [1.165, 1.54) is 7.11 Å².